The van der Waals surface area contributed by atoms with Crippen LogP contribution in [0.25, 0.3) is 0 Å². The Morgan fingerprint density at radius 2 is 1.86 bits per heavy atom. The van der Waals surface area contributed by atoms with Crippen molar-refractivity contribution in [3.05, 3.63) is 34.9 Å². The van der Waals surface area contributed by atoms with Crippen molar-refractivity contribution >= 4 is 0 Å². The minimum absolute atomic E-state index is 0.107. The van der Waals surface area contributed by atoms with Crippen molar-refractivity contribution in [3.63, 3.8) is 0 Å². The first-order chi connectivity index (χ1) is 6.59. The molecule has 1 nitrogen and oxygen atoms in total. The van der Waals surface area contributed by atoms with Gasteiger partial charge in [0.25, 0.3) is 0 Å². The third-order valence-electron chi connectivity index (χ3n) is 2.72. The topological polar surface area (TPSA) is 12.0 Å². The summed E-state index contributed by atoms with van der Waals surface area (Å²) in [6.07, 6.45) is 0.559. The van der Waals surface area contributed by atoms with Crippen LogP contribution in [0.5, 0.6) is 0 Å². The maximum Gasteiger partial charge on any atom is 0.128 e. The van der Waals surface area contributed by atoms with Crippen molar-refractivity contribution in [2.45, 2.75) is 32.4 Å². The van der Waals surface area contributed by atoms with Gasteiger partial charge in [-0.15, -0.1) is 0 Å². The van der Waals surface area contributed by atoms with E-state index >= 15 is 0 Å². The summed E-state index contributed by atoms with van der Waals surface area (Å²) in [6.45, 7) is 3.83. The molecule has 0 aliphatic carbocycles. The SMILES string of the molecule is CC1Cc2c(F)ccc(F)c2C(C)N1. The quantitative estimate of drug-likeness (QED) is 0.674. The van der Waals surface area contributed by atoms with Crippen LogP contribution in [-0.4, -0.2) is 6.04 Å². The molecular weight excluding hydrogens is 184 g/mol. The maximum absolute atomic E-state index is 13.4. The zero-order valence-corrected chi connectivity index (χ0v) is 8.27. The zero-order chi connectivity index (χ0) is 10.3. The molecule has 0 spiro atoms. The summed E-state index contributed by atoms with van der Waals surface area (Å²) in [4.78, 5) is 0. The second kappa shape index (κ2) is 3.31. The number of hydrogen-bond acceptors (Lipinski definition) is 1. The Bertz CT molecular complexity index is 363. The molecule has 1 aromatic carbocycles. The van der Waals surface area contributed by atoms with Gasteiger partial charge in [0.1, 0.15) is 11.6 Å². The Balaban J connectivity index is 2.57. The number of nitrogens with one attached hydrogen (secondary N) is 1. The highest BCUT2D eigenvalue weighted by Crippen LogP contribution is 2.29. The highest BCUT2D eigenvalue weighted by atomic mass is 19.1. The summed E-state index contributed by atoms with van der Waals surface area (Å²) in [6, 6.07) is 2.50. The Kier molecular flexibility index (Phi) is 2.27. The lowest BCUT2D eigenvalue weighted by Gasteiger charge is -2.29. The van der Waals surface area contributed by atoms with Crippen LogP contribution in [0.2, 0.25) is 0 Å². The molecule has 3 heteroatoms. The monoisotopic (exact) mass is 197 g/mol. The lowest BCUT2D eigenvalue weighted by molar-refractivity contribution is 0.413. The van der Waals surface area contributed by atoms with Gasteiger partial charge in [0.2, 0.25) is 0 Å². The smallest absolute Gasteiger partial charge is 0.128 e. The molecule has 1 heterocycles. The molecule has 76 valence electrons. The van der Waals surface area contributed by atoms with Gasteiger partial charge in [0.05, 0.1) is 0 Å². The summed E-state index contributed by atoms with van der Waals surface area (Å²) in [5.74, 6) is -0.602. The zero-order valence-electron chi connectivity index (χ0n) is 8.27. The van der Waals surface area contributed by atoms with Gasteiger partial charge in [-0.3, -0.25) is 0 Å². The molecule has 2 atom stereocenters. The van der Waals surface area contributed by atoms with E-state index in [-0.39, 0.29) is 23.7 Å². The third-order valence-corrected chi connectivity index (χ3v) is 2.72. The van der Waals surface area contributed by atoms with E-state index in [1.54, 1.807) is 0 Å². The molecule has 14 heavy (non-hydrogen) atoms. The van der Waals surface area contributed by atoms with Gasteiger partial charge in [0, 0.05) is 17.6 Å². The van der Waals surface area contributed by atoms with Gasteiger partial charge in [-0.05, 0) is 38.0 Å². The maximum atomic E-state index is 13.4. The molecule has 0 aromatic heterocycles. The fraction of sp³-hybridized carbons (Fsp3) is 0.455. The van der Waals surface area contributed by atoms with Gasteiger partial charge in [-0.1, -0.05) is 0 Å². The Hall–Kier alpha value is -0.960. The molecule has 1 aliphatic rings. The van der Waals surface area contributed by atoms with Crippen LogP contribution in [0.15, 0.2) is 12.1 Å². The van der Waals surface area contributed by atoms with Crippen LogP contribution in [0.3, 0.4) is 0 Å². The van der Waals surface area contributed by atoms with E-state index in [2.05, 4.69) is 5.32 Å². The lowest BCUT2D eigenvalue weighted by Crippen LogP contribution is -2.37. The summed E-state index contributed by atoms with van der Waals surface area (Å²) in [5.41, 5.74) is 1.02. The highest BCUT2D eigenvalue weighted by molar-refractivity contribution is 5.35. The van der Waals surface area contributed by atoms with Crippen LogP contribution < -0.4 is 5.32 Å². The number of halogens is 2. The molecule has 1 N–H and O–H groups in total. The predicted molar refractivity (Wildman–Crippen MR) is 51.1 cm³/mol. The van der Waals surface area contributed by atoms with E-state index in [0.29, 0.717) is 17.5 Å². The fourth-order valence-electron chi connectivity index (χ4n) is 2.16. The van der Waals surface area contributed by atoms with Crippen molar-refractivity contribution in [1.82, 2.24) is 5.32 Å². The first kappa shape index (κ1) is 9.59. The predicted octanol–water partition coefficient (Wildman–Crippen LogP) is 2.56. The first-order valence-corrected chi connectivity index (χ1v) is 4.82. The van der Waals surface area contributed by atoms with Crippen LogP contribution >= 0.6 is 0 Å². The Morgan fingerprint density at radius 3 is 2.57 bits per heavy atom. The van der Waals surface area contributed by atoms with Gasteiger partial charge < -0.3 is 5.32 Å². The average molecular weight is 197 g/mol. The third kappa shape index (κ3) is 1.42. The average Bonchev–Trinajstić information content (AvgIpc) is 2.10. The van der Waals surface area contributed by atoms with Gasteiger partial charge >= 0.3 is 0 Å². The highest BCUT2D eigenvalue weighted by Gasteiger charge is 2.25. The number of benzene rings is 1. The molecule has 0 radical (unpaired) electrons. The summed E-state index contributed by atoms with van der Waals surface area (Å²) in [5, 5.41) is 3.20. The molecular formula is C11H13F2N. The fourth-order valence-corrected chi connectivity index (χ4v) is 2.16. The molecule has 1 aromatic rings. The standard InChI is InChI=1S/C11H13F2N/c1-6-5-8-9(12)3-4-10(13)11(8)7(2)14-6/h3-4,6-7,14H,5H2,1-2H3. The van der Waals surface area contributed by atoms with Crippen LogP contribution in [0.1, 0.15) is 31.0 Å². The second-order valence-corrected chi connectivity index (χ2v) is 3.91. The van der Waals surface area contributed by atoms with E-state index in [4.69, 9.17) is 0 Å². The van der Waals surface area contributed by atoms with Crippen molar-refractivity contribution in [2.75, 3.05) is 0 Å². The number of fused-ring (bicyclic) bond motifs is 1. The van der Waals surface area contributed by atoms with Crippen LogP contribution in [0, 0.1) is 11.6 Å². The van der Waals surface area contributed by atoms with Crippen LogP contribution in [0.4, 0.5) is 8.78 Å². The van der Waals surface area contributed by atoms with Crippen molar-refractivity contribution in [2.24, 2.45) is 0 Å². The van der Waals surface area contributed by atoms with Gasteiger partial charge in [0.15, 0.2) is 0 Å². The van der Waals surface area contributed by atoms with Crippen molar-refractivity contribution < 1.29 is 8.78 Å². The largest absolute Gasteiger partial charge is 0.307 e. The minimum Gasteiger partial charge on any atom is -0.307 e. The number of rotatable bonds is 0. The van der Waals surface area contributed by atoms with E-state index in [1.807, 2.05) is 13.8 Å². The summed E-state index contributed by atoms with van der Waals surface area (Å²) < 4.78 is 26.8. The Morgan fingerprint density at radius 1 is 1.21 bits per heavy atom. The van der Waals surface area contributed by atoms with Crippen molar-refractivity contribution in [3.8, 4) is 0 Å². The Labute approximate surface area is 82.1 Å². The van der Waals surface area contributed by atoms with Crippen LogP contribution in [-0.2, 0) is 6.42 Å². The molecule has 2 unspecified atom stereocenters. The van der Waals surface area contributed by atoms with Crippen molar-refractivity contribution in [1.29, 1.82) is 0 Å². The number of hydrogen-bond donors (Lipinski definition) is 1. The van der Waals surface area contributed by atoms with E-state index in [1.165, 1.54) is 12.1 Å². The first-order valence-electron chi connectivity index (χ1n) is 4.82. The lowest BCUT2D eigenvalue weighted by atomic mass is 9.91. The van der Waals surface area contributed by atoms with E-state index in [0.717, 1.165) is 0 Å². The molecule has 0 bridgehead atoms. The minimum atomic E-state index is -0.312. The summed E-state index contributed by atoms with van der Waals surface area (Å²) in [7, 11) is 0. The second-order valence-electron chi connectivity index (χ2n) is 3.91. The molecule has 0 saturated carbocycles. The van der Waals surface area contributed by atoms with E-state index < -0.39 is 0 Å². The van der Waals surface area contributed by atoms with Gasteiger partial charge in [-0.25, -0.2) is 8.78 Å². The summed E-state index contributed by atoms with van der Waals surface area (Å²) >= 11 is 0. The van der Waals surface area contributed by atoms with E-state index in [9.17, 15) is 8.78 Å². The molecule has 0 amide bonds. The molecule has 2 rings (SSSR count). The molecule has 0 fully saturated rings. The normalized spacial score (nSPS) is 26.0. The molecule has 1 aliphatic heterocycles. The van der Waals surface area contributed by atoms with Gasteiger partial charge in [-0.2, -0.15) is 0 Å². The molecule has 0 saturated heterocycles.